The molecule has 0 aliphatic heterocycles. The predicted molar refractivity (Wildman–Crippen MR) is 101 cm³/mol. The van der Waals surface area contributed by atoms with Crippen LogP contribution in [0.5, 0.6) is 0 Å². The van der Waals surface area contributed by atoms with E-state index in [1.165, 1.54) is 4.70 Å². The van der Waals surface area contributed by atoms with Gasteiger partial charge in [-0.15, -0.1) is 11.3 Å². The Morgan fingerprint density at radius 2 is 1.72 bits per heavy atom. The molecular weight excluding hydrogens is 330 g/mol. The number of hydrogen-bond donors (Lipinski definition) is 0. The van der Waals surface area contributed by atoms with Crippen molar-refractivity contribution in [1.29, 1.82) is 0 Å². The van der Waals surface area contributed by atoms with Crippen molar-refractivity contribution in [2.45, 2.75) is 20.0 Å². The maximum Gasteiger partial charge on any atom is 0.226 e. The van der Waals surface area contributed by atoms with Crippen LogP contribution in [0.15, 0.2) is 59.0 Å². The van der Waals surface area contributed by atoms with Gasteiger partial charge in [0.15, 0.2) is 0 Å². The monoisotopic (exact) mass is 349 g/mol. The van der Waals surface area contributed by atoms with Crippen LogP contribution < -0.4 is 0 Å². The van der Waals surface area contributed by atoms with E-state index in [1.54, 1.807) is 11.3 Å². The van der Waals surface area contributed by atoms with Crippen LogP contribution in [-0.2, 0) is 13.1 Å². The number of rotatable bonds is 5. The summed E-state index contributed by atoms with van der Waals surface area (Å²) in [6.45, 7) is 3.50. The largest absolute Gasteiger partial charge is 0.441 e. The Hall–Kier alpha value is -2.50. The van der Waals surface area contributed by atoms with Crippen LogP contribution in [0.1, 0.15) is 16.5 Å². The second-order valence-corrected chi connectivity index (χ2v) is 7.25. The Morgan fingerprint density at radius 3 is 2.52 bits per heavy atom. The molecule has 126 valence electrons. The summed E-state index contributed by atoms with van der Waals surface area (Å²) >= 11 is 1.75. The van der Waals surface area contributed by atoms with E-state index in [1.807, 2.05) is 43.3 Å². The van der Waals surface area contributed by atoms with Gasteiger partial charge >= 0.3 is 0 Å². The maximum atomic E-state index is 5.85. The van der Waals surface area contributed by atoms with Gasteiger partial charge in [0, 0.05) is 12.1 Å². The van der Waals surface area contributed by atoms with E-state index in [-0.39, 0.29) is 0 Å². The van der Waals surface area contributed by atoms with Crippen molar-refractivity contribution in [3.8, 4) is 11.5 Å². The highest BCUT2D eigenvalue weighted by atomic mass is 32.1. The van der Waals surface area contributed by atoms with E-state index in [9.17, 15) is 0 Å². The zero-order valence-electron chi connectivity index (χ0n) is 14.3. The molecule has 4 rings (SSSR count). The number of thiazole rings is 1. The van der Waals surface area contributed by atoms with Gasteiger partial charge in [0.2, 0.25) is 5.89 Å². The first-order valence-electron chi connectivity index (χ1n) is 8.24. The van der Waals surface area contributed by atoms with Crippen LogP contribution >= 0.6 is 11.3 Å². The molecule has 2 aromatic heterocycles. The molecular formula is C20H19N3OS. The number of oxazole rings is 1. The summed E-state index contributed by atoms with van der Waals surface area (Å²) in [5.74, 6) is 1.55. The lowest BCUT2D eigenvalue weighted by Gasteiger charge is -2.13. The third-order valence-electron chi connectivity index (χ3n) is 4.08. The van der Waals surface area contributed by atoms with E-state index in [0.717, 1.165) is 40.6 Å². The van der Waals surface area contributed by atoms with Crippen molar-refractivity contribution in [2.75, 3.05) is 7.05 Å². The summed E-state index contributed by atoms with van der Waals surface area (Å²) in [6.07, 6.45) is 0. The van der Waals surface area contributed by atoms with Gasteiger partial charge in [-0.2, -0.15) is 0 Å². The molecule has 5 heteroatoms. The van der Waals surface area contributed by atoms with Crippen molar-refractivity contribution in [1.82, 2.24) is 14.9 Å². The molecule has 0 fully saturated rings. The van der Waals surface area contributed by atoms with E-state index < -0.39 is 0 Å². The molecule has 0 spiro atoms. The smallest absolute Gasteiger partial charge is 0.226 e. The summed E-state index contributed by atoms with van der Waals surface area (Å²) in [5, 5.41) is 1.12. The predicted octanol–water partition coefficient (Wildman–Crippen LogP) is 4.89. The van der Waals surface area contributed by atoms with Crippen molar-refractivity contribution < 1.29 is 4.42 Å². The van der Waals surface area contributed by atoms with Gasteiger partial charge < -0.3 is 4.42 Å². The van der Waals surface area contributed by atoms with Gasteiger partial charge in [-0.3, -0.25) is 4.90 Å². The molecule has 0 aliphatic carbocycles. The van der Waals surface area contributed by atoms with Crippen LogP contribution in [0.25, 0.3) is 21.7 Å². The molecule has 4 aromatic rings. The molecule has 0 atom stereocenters. The SMILES string of the molecule is Cc1oc(-c2ccccc2)nc1CN(C)Cc1nc2ccccc2s1. The second-order valence-electron chi connectivity index (χ2n) is 6.14. The molecule has 0 saturated carbocycles. The molecule has 25 heavy (non-hydrogen) atoms. The minimum Gasteiger partial charge on any atom is -0.441 e. The topological polar surface area (TPSA) is 42.2 Å². The Bertz CT molecular complexity index is 958. The average Bonchev–Trinajstić information content (AvgIpc) is 3.18. The highest BCUT2D eigenvalue weighted by Gasteiger charge is 2.14. The fourth-order valence-electron chi connectivity index (χ4n) is 2.81. The Balaban J connectivity index is 1.49. The van der Waals surface area contributed by atoms with E-state index >= 15 is 0 Å². The minimum absolute atomic E-state index is 0.682. The molecule has 0 amide bonds. The number of hydrogen-bond acceptors (Lipinski definition) is 5. The molecule has 0 bridgehead atoms. The quantitative estimate of drug-likeness (QED) is 0.514. The lowest BCUT2D eigenvalue weighted by Crippen LogP contribution is -2.17. The van der Waals surface area contributed by atoms with Gasteiger partial charge in [0.1, 0.15) is 10.8 Å². The highest BCUT2D eigenvalue weighted by Crippen LogP contribution is 2.24. The summed E-state index contributed by atoms with van der Waals surface area (Å²) in [7, 11) is 2.09. The molecule has 0 aliphatic rings. The molecule has 2 heterocycles. The first kappa shape index (κ1) is 16.0. The summed E-state index contributed by atoms with van der Waals surface area (Å²) in [6, 6.07) is 18.3. The molecule has 0 radical (unpaired) electrons. The molecule has 4 nitrogen and oxygen atoms in total. The zero-order chi connectivity index (χ0) is 17.2. The fraction of sp³-hybridized carbons (Fsp3) is 0.200. The normalized spacial score (nSPS) is 11.5. The van der Waals surface area contributed by atoms with Gasteiger partial charge in [-0.05, 0) is 38.2 Å². The maximum absolute atomic E-state index is 5.85. The van der Waals surface area contributed by atoms with Crippen LogP contribution in [0.2, 0.25) is 0 Å². The molecule has 0 saturated heterocycles. The van der Waals surface area contributed by atoms with Crippen LogP contribution in [0.4, 0.5) is 0 Å². The van der Waals surface area contributed by atoms with E-state index in [4.69, 9.17) is 9.40 Å². The van der Waals surface area contributed by atoms with Crippen LogP contribution in [0, 0.1) is 6.92 Å². The number of nitrogens with zero attached hydrogens (tertiary/aromatic N) is 3. The van der Waals surface area contributed by atoms with E-state index in [2.05, 4.69) is 35.1 Å². The lowest BCUT2D eigenvalue weighted by molar-refractivity contribution is 0.313. The van der Waals surface area contributed by atoms with Gasteiger partial charge in [0.25, 0.3) is 0 Å². The van der Waals surface area contributed by atoms with Gasteiger partial charge in [-0.25, -0.2) is 9.97 Å². The Kier molecular flexibility index (Phi) is 4.34. The summed E-state index contributed by atoms with van der Waals surface area (Å²) in [4.78, 5) is 11.6. The lowest BCUT2D eigenvalue weighted by atomic mass is 10.2. The third kappa shape index (κ3) is 3.48. The Morgan fingerprint density at radius 1 is 0.960 bits per heavy atom. The highest BCUT2D eigenvalue weighted by molar-refractivity contribution is 7.18. The first-order chi connectivity index (χ1) is 12.2. The number of fused-ring (bicyclic) bond motifs is 1. The number of benzene rings is 2. The van der Waals surface area contributed by atoms with Gasteiger partial charge in [-0.1, -0.05) is 30.3 Å². The van der Waals surface area contributed by atoms with E-state index in [0.29, 0.717) is 5.89 Å². The van der Waals surface area contributed by atoms with Crippen molar-refractivity contribution in [2.24, 2.45) is 0 Å². The van der Waals surface area contributed by atoms with Crippen LogP contribution in [0.3, 0.4) is 0 Å². The third-order valence-corrected chi connectivity index (χ3v) is 5.10. The zero-order valence-corrected chi connectivity index (χ0v) is 15.1. The summed E-state index contributed by atoms with van der Waals surface area (Å²) in [5.41, 5.74) is 3.05. The fourth-order valence-corrected chi connectivity index (χ4v) is 3.86. The molecule has 0 unspecified atom stereocenters. The average molecular weight is 349 g/mol. The standard InChI is InChI=1S/C20H19N3OS/c1-14-17(22-20(24-14)15-8-4-3-5-9-15)12-23(2)13-19-21-16-10-6-7-11-18(16)25-19/h3-11H,12-13H2,1-2H3. The number of aryl methyl sites for hydroxylation is 1. The minimum atomic E-state index is 0.682. The molecule has 0 N–H and O–H groups in total. The second kappa shape index (κ2) is 6.78. The first-order valence-corrected chi connectivity index (χ1v) is 9.05. The van der Waals surface area contributed by atoms with Crippen molar-refractivity contribution >= 4 is 21.6 Å². The van der Waals surface area contributed by atoms with Crippen molar-refractivity contribution in [3.05, 3.63) is 71.1 Å². The molecule has 2 aromatic carbocycles. The summed E-state index contributed by atoms with van der Waals surface area (Å²) < 4.78 is 7.08. The number of aromatic nitrogens is 2. The van der Waals surface area contributed by atoms with Gasteiger partial charge in [0.05, 0.1) is 22.5 Å². The number of para-hydroxylation sites is 1. The van der Waals surface area contributed by atoms with Crippen LogP contribution in [-0.4, -0.2) is 21.9 Å². The Labute approximate surface area is 150 Å². The van der Waals surface area contributed by atoms with Crippen molar-refractivity contribution in [3.63, 3.8) is 0 Å².